The SMILES string of the molecule is COC(=O)c1scc(C)c1NC(=O)c1cc(N)cc(Cl)c1. The summed E-state index contributed by atoms with van der Waals surface area (Å²) in [6, 6.07) is 4.57. The smallest absolute Gasteiger partial charge is 0.350 e. The summed E-state index contributed by atoms with van der Waals surface area (Å²) in [6.45, 7) is 1.80. The van der Waals surface area contributed by atoms with Crippen LogP contribution in [0, 0.1) is 6.92 Å². The zero-order valence-corrected chi connectivity index (χ0v) is 13.0. The van der Waals surface area contributed by atoms with E-state index in [-0.39, 0.29) is 0 Å². The number of amides is 1. The number of carbonyl (C=O) groups is 2. The molecule has 0 saturated heterocycles. The predicted molar refractivity (Wildman–Crippen MR) is 84.2 cm³/mol. The van der Waals surface area contributed by atoms with Crippen molar-refractivity contribution >= 4 is 46.2 Å². The zero-order valence-electron chi connectivity index (χ0n) is 11.4. The molecule has 1 aromatic carbocycles. The van der Waals surface area contributed by atoms with Gasteiger partial charge in [0, 0.05) is 16.3 Å². The summed E-state index contributed by atoms with van der Waals surface area (Å²) < 4.78 is 4.69. The minimum absolute atomic E-state index is 0.321. The number of nitrogen functional groups attached to an aromatic ring is 1. The summed E-state index contributed by atoms with van der Waals surface area (Å²) >= 11 is 7.09. The number of nitrogens with two attached hydrogens (primary N) is 1. The number of thiophene rings is 1. The maximum absolute atomic E-state index is 12.3. The van der Waals surface area contributed by atoms with Crippen LogP contribution in [0.25, 0.3) is 0 Å². The summed E-state index contributed by atoms with van der Waals surface area (Å²) in [7, 11) is 1.29. The lowest BCUT2D eigenvalue weighted by Crippen LogP contribution is -2.15. The van der Waals surface area contributed by atoms with E-state index >= 15 is 0 Å². The molecule has 1 aromatic heterocycles. The molecule has 3 N–H and O–H groups in total. The van der Waals surface area contributed by atoms with E-state index in [1.54, 1.807) is 18.4 Å². The summed E-state index contributed by atoms with van der Waals surface area (Å²) in [5.74, 6) is -0.884. The van der Waals surface area contributed by atoms with Gasteiger partial charge >= 0.3 is 5.97 Å². The Balaban J connectivity index is 2.31. The molecule has 1 amide bonds. The zero-order chi connectivity index (χ0) is 15.6. The average Bonchev–Trinajstić information content (AvgIpc) is 2.78. The Kier molecular flexibility index (Phi) is 4.50. The Morgan fingerprint density at radius 1 is 1.33 bits per heavy atom. The molecular formula is C14H13ClN2O3S. The van der Waals surface area contributed by atoms with E-state index in [0.717, 1.165) is 5.56 Å². The molecule has 2 rings (SSSR count). The summed E-state index contributed by atoms with van der Waals surface area (Å²) in [5.41, 5.74) is 7.60. The molecule has 0 fully saturated rings. The fourth-order valence-electron chi connectivity index (χ4n) is 1.77. The van der Waals surface area contributed by atoms with E-state index in [1.807, 2.05) is 0 Å². The molecule has 0 spiro atoms. The predicted octanol–water partition coefficient (Wildman–Crippen LogP) is 3.33. The minimum Gasteiger partial charge on any atom is -0.465 e. The van der Waals surface area contributed by atoms with Crippen LogP contribution in [0.3, 0.4) is 0 Å². The first-order valence-electron chi connectivity index (χ1n) is 5.96. The largest absolute Gasteiger partial charge is 0.465 e. The van der Waals surface area contributed by atoms with Gasteiger partial charge in [-0.15, -0.1) is 11.3 Å². The normalized spacial score (nSPS) is 10.2. The highest BCUT2D eigenvalue weighted by molar-refractivity contribution is 7.12. The Bertz CT molecular complexity index is 692. The molecule has 0 bridgehead atoms. The molecule has 5 nitrogen and oxygen atoms in total. The number of carbonyl (C=O) groups excluding carboxylic acids is 2. The number of ether oxygens (including phenoxy) is 1. The van der Waals surface area contributed by atoms with Gasteiger partial charge in [0.2, 0.25) is 0 Å². The molecule has 0 radical (unpaired) electrons. The van der Waals surface area contributed by atoms with E-state index in [2.05, 4.69) is 5.32 Å². The average molecular weight is 325 g/mol. The van der Waals surface area contributed by atoms with Gasteiger partial charge in [0.25, 0.3) is 5.91 Å². The van der Waals surface area contributed by atoms with Crippen molar-refractivity contribution < 1.29 is 14.3 Å². The number of anilines is 2. The van der Waals surface area contributed by atoms with Crippen LogP contribution in [0.2, 0.25) is 5.02 Å². The van der Waals surface area contributed by atoms with E-state index < -0.39 is 11.9 Å². The maximum atomic E-state index is 12.3. The van der Waals surface area contributed by atoms with Gasteiger partial charge in [-0.05, 0) is 36.1 Å². The molecule has 7 heteroatoms. The van der Waals surface area contributed by atoms with Crippen molar-refractivity contribution in [1.82, 2.24) is 0 Å². The first-order chi connectivity index (χ1) is 9.92. The van der Waals surface area contributed by atoms with Gasteiger partial charge in [-0.3, -0.25) is 4.79 Å². The number of methoxy groups -OCH3 is 1. The highest BCUT2D eigenvalue weighted by atomic mass is 35.5. The Morgan fingerprint density at radius 2 is 2.05 bits per heavy atom. The molecule has 110 valence electrons. The number of nitrogens with one attached hydrogen (secondary N) is 1. The Morgan fingerprint density at radius 3 is 2.67 bits per heavy atom. The molecule has 21 heavy (non-hydrogen) atoms. The van der Waals surface area contributed by atoms with Crippen molar-refractivity contribution in [3.8, 4) is 0 Å². The second kappa shape index (κ2) is 6.15. The van der Waals surface area contributed by atoms with Crippen molar-refractivity contribution in [3.63, 3.8) is 0 Å². The number of halogens is 1. The topological polar surface area (TPSA) is 81.4 Å². The molecular weight excluding hydrogens is 312 g/mol. The van der Waals surface area contributed by atoms with Crippen molar-refractivity contribution in [1.29, 1.82) is 0 Å². The van der Waals surface area contributed by atoms with Crippen LogP contribution in [-0.2, 0) is 4.74 Å². The second-order valence-corrected chi connectivity index (χ2v) is 5.66. The van der Waals surface area contributed by atoms with Crippen LogP contribution in [0.15, 0.2) is 23.6 Å². The van der Waals surface area contributed by atoms with E-state index in [1.165, 1.54) is 30.6 Å². The van der Waals surface area contributed by atoms with Gasteiger partial charge in [0.05, 0.1) is 12.8 Å². The lowest BCUT2D eigenvalue weighted by Gasteiger charge is -2.08. The summed E-state index contributed by atoms with van der Waals surface area (Å²) in [4.78, 5) is 24.3. The number of rotatable bonds is 3. The van der Waals surface area contributed by atoms with Crippen molar-refractivity contribution in [2.45, 2.75) is 6.92 Å². The molecule has 0 saturated carbocycles. The molecule has 0 aliphatic heterocycles. The third-order valence-corrected chi connectivity index (χ3v) is 4.06. The van der Waals surface area contributed by atoms with Gasteiger partial charge < -0.3 is 15.8 Å². The number of aryl methyl sites for hydroxylation is 1. The molecule has 1 heterocycles. The second-order valence-electron chi connectivity index (χ2n) is 4.34. The number of esters is 1. The van der Waals surface area contributed by atoms with Crippen LogP contribution in [-0.4, -0.2) is 19.0 Å². The van der Waals surface area contributed by atoms with Crippen LogP contribution in [0.5, 0.6) is 0 Å². The lowest BCUT2D eigenvalue weighted by atomic mass is 10.1. The fourth-order valence-corrected chi connectivity index (χ4v) is 2.94. The van der Waals surface area contributed by atoms with Gasteiger partial charge in [0.1, 0.15) is 4.88 Å². The van der Waals surface area contributed by atoms with Crippen molar-refractivity contribution in [2.24, 2.45) is 0 Å². The maximum Gasteiger partial charge on any atom is 0.350 e. The van der Waals surface area contributed by atoms with Crippen molar-refractivity contribution in [2.75, 3.05) is 18.2 Å². The monoisotopic (exact) mass is 324 g/mol. The standard InChI is InChI=1S/C14H13ClN2O3S/c1-7-6-21-12(14(19)20-2)11(7)17-13(18)8-3-9(15)5-10(16)4-8/h3-6H,16H2,1-2H3,(H,17,18). The molecule has 2 aromatic rings. The molecule has 0 atom stereocenters. The molecule has 0 unspecified atom stereocenters. The molecule has 0 aliphatic rings. The summed E-state index contributed by atoms with van der Waals surface area (Å²) in [5, 5.41) is 4.84. The van der Waals surface area contributed by atoms with E-state index in [0.29, 0.717) is 26.8 Å². The minimum atomic E-state index is -0.492. The first-order valence-corrected chi connectivity index (χ1v) is 7.22. The Hall–Kier alpha value is -2.05. The van der Waals surface area contributed by atoms with E-state index in [4.69, 9.17) is 22.1 Å². The van der Waals surface area contributed by atoms with Gasteiger partial charge in [0.15, 0.2) is 0 Å². The van der Waals surface area contributed by atoms with E-state index in [9.17, 15) is 9.59 Å². The van der Waals surface area contributed by atoms with Crippen LogP contribution in [0.1, 0.15) is 25.6 Å². The quantitative estimate of drug-likeness (QED) is 0.670. The third-order valence-electron chi connectivity index (χ3n) is 2.77. The highest BCUT2D eigenvalue weighted by Crippen LogP contribution is 2.29. The number of hydrogen-bond acceptors (Lipinski definition) is 5. The van der Waals surface area contributed by atoms with Crippen LogP contribution in [0.4, 0.5) is 11.4 Å². The summed E-state index contributed by atoms with van der Waals surface area (Å²) in [6.07, 6.45) is 0. The van der Waals surface area contributed by atoms with Gasteiger partial charge in [-0.2, -0.15) is 0 Å². The molecule has 0 aliphatic carbocycles. The lowest BCUT2D eigenvalue weighted by molar-refractivity contribution is 0.0607. The highest BCUT2D eigenvalue weighted by Gasteiger charge is 2.19. The fraction of sp³-hybridized carbons (Fsp3) is 0.143. The third kappa shape index (κ3) is 3.34. The van der Waals surface area contributed by atoms with Crippen molar-refractivity contribution in [3.05, 3.63) is 44.6 Å². The Labute approximate surface area is 130 Å². The van der Waals surface area contributed by atoms with Crippen LogP contribution >= 0.6 is 22.9 Å². The van der Waals surface area contributed by atoms with Crippen LogP contribution < -0.4 is 11.1 Å². The first kappa shape index (κ1) is 15.3. The number of hydrogen-bond donors (Lipinski definition) is 2. The number of benzene rings is 1. The van der Waals surface area contributed by atoms with Gasteiger partial charge in [-0.1, -0.05) is 11.6 Å². The van der Waals surface area contributed by atoms with Gasteiger partial charge in [-0.25, -0.2) is 4.79 Å².